The Morgan fingerprint density at radius 3 is 2.60 bits per heavy atom. The molecule has 10 heavy (non-hydrogen) atoms. The van der Waals surface area contributed by atoms with E-state index in [-0.39, 0.29) is 0 Å². The molecule has 4 nitrogen and oxygen atoms in total. The Labute approximate surface area is 65.0 Å². The van der Waals surface area contributed by atoms with E-state index in [2.05, 4.69) is 11.3 Å². The van der Waals surface area contributed by atoms with Crippen LogP contribution in [0, 0.1) is 0 Å². The van der Waals surface area contributed by atoms with Gasteiger partial charge in [-0.25, -0.2) is 5.43 Å². The fourth-order valence-electron chi connectivity index (χ4n) is 1.03. The Kier molecular flexibility index (Phi) is 1.80. The van der Waals surface area contributed by atoms with E-state index < -0.39 is 5.60 Å². The quantitative estimate of drug-likeness (QED) is 0.287. The molecule has 0 atom stereocenters. The van der Waals surface area contributed by atoms with Crippen LogP contribution in [0.15, 0.2) is 0 Å². The van der Waals surface area contributed by atoms with Crippen LogP contribution in [0.1, 0.15) is 6.92 Å². The molecule has 1 rings (SSSR count). The number of aliphatic hydroxyl groups is 1. The zero-order chi connectivity index (χ0) is 7.78. The molecule has 1 aliphatic rings. The Balaban J connectivity index is 2.33. The minimum absolute atomic E-state index is 0.555. The molecule has 0 unspecified atom stereocenters. The fourth-order valence-corrected chi connectivity index (χ4v) is 1.16. The third kappa shape index (κ3) is 1.36. The topological polar surface area (TPSA) is 63.1 Å². The molecular formula is C5H12N3OS+. The van der Waals surface area contributed by atoms with Gasteiger partial charge in [-0.1, -0.05) is 0 Å². The molecule has 5 N–H and O–H groups in total. The Hall–Kier alpha value is -0.390. The monoisotopic (exact) mass is 162 g/mol. The zero-order valence-electron chi connectivity index (χ0n) is 5.92. The van der Waals surface area contributed by atoms with Crippen LogP contribution in [0.2, 0.25) is 0 Å². The van der Waals surface area contributed by atoms with Crippen molar-refractivity contribution in [3.63, 3.8) is 0 Å². The molecule has 0 aromatic heterocycles. The molecule has 0 spiro atoms. The van der Waals surface area contributed by atoms with Gasteiger partial charge in [0.15, 0.2) is 0 Å². The molecule has 0 radical (unpaired) electrons. The van der Waals surface area contributed by atoms with E-state index >= 15 is 0 Å². The SMILES string of the molecule is CC1(O)CN(C(=S)N[NH3+])C1. The molecule has 58 valence electrons. The van der Waals surface area contributed by atoms with Crippen LogP contribution in [-0.2, 0) is 0 Å². The van der Waals surface area contributed by atoms with E-state index in [9.17, 15) is 5.11 Å². The van der Waals surface area contributed by atoms with Gasteiger partial charge in [-0.05, 0) is 19.1 Å². The third-order valence-electron chi connectivity index (χ3n) is 1.50. The summed E-state index contributed by atoms with van der Waals surface area (Å²) in [4.78, 5) is 1.86. The van der Waals surface area contributed by atoms with Crippen molar-refractivity contribution < 1.29 is 10.9 Å². The number of likely N-dealkylation sites (tertiary alicyclic amines) is 1. The second kappa shape index (κ2) is 2.34. The molecule has 1 fully saturated rings. The lowest BCUT2D eigenvalue weighted by molar-refractivity contribution is -0.421. The first-order chi connectivity index (χ1) is 4.55. The number of β-amino-alcohol motifs (C(OH)–C–C–N with tert-alkyl or cyclic N) is 1. The summed E-state index contributed by atoms with van der Waals surface area (Å²) in [6.45, 7) is 3.00. The van der Waals surface area contributed by atoms with Gasteiger partial charge in [0.25, 0.3) is 0 Å². The minimum Gasteiger partial charge on any atom is -0.386 e. The van der Waals surface area contributed by atoms with Crippen molar-refractivity contribution in [3.8, 4) is 0 Å². The summed E-state index contributed by atoms with van der Waals surface area (Å²) in [5.41, 5.74) is 2.05. The highest BCUT2D eigenvalue weighted by atomic mass is 32.1. The van der Waals surface area contributed by atoms with Crippen molar-refractivity contribution in [1.82, 2.24) is 10.3 Å². The van der Waals surface area contributed by atoms with E-state index in [1.807, 2.05) is 4.90 Å². The number of nitrogens with zero attached hydrogens (tertiary/aromatic N) is 1. The molecule has 0 amide bonds. The number of rotatable bonds is 0. The van der Waals surface area contributed by atoms with Crippen LogP contribution >= 0.6 is 12.2 Å². The summed E-state index contributed by atoms with van der Waals surface area (Å²) in [5.74, 6) is 3.42. The summed E-state index contributed by atoms with van der Waals surface area (Å²) < 4.78 is 0. The van der Waals surface area contributed by atoms with Gasteiger partial charge in [0, 0.05) is 0 Å². The van der Waals surface area contributed by atoms with E-state index in [4.69, 9.17) is 12.2 Å². The average molecular weight is 162 g/mol. The van der Waals surface area contributed by atoms with Crippen molar-refractivity contribution in [2.24, 2.45) is 0 Å². The molecule has 1 aliphatic heterocycles. The van der Waals surface area contributed by atoms with Gasteiger partial charge in [-0.2, -0.15) is 0 Å². The van der Waals surface area contributed by atoms with Crippen LogP contribution in [0.25, 0.3) is 0 Å². The predicted molar refractivity (Wildman–Crippen MR) is 40.8 cm³/mol. The number of quaternary nitrogens is 1. The van der Waals surface area contributed by atoms with E-state index in [0.29, 0.717) is 18.2 Å². The molecule has 1 saturated heterocycles. The van der Waals surface area contributed by atoms with Crippen molar-refractivity contribution in [3.05, 3.63) is 0 Å². The first-order valence-electron chi connectivity index (χ1n) is 3.09. The molecule has 5 heteroatoms. The smallest absolute Gasteiger partial charge is 0.216 e. The first-order valence-corrected chi connectivity index (χ1v) is 3.50. The van der Waals surface area contributed by atoms with Crippen LogP contribution in [0.4, 0.5) is 0 Å². The van der Waals surface area contributed by atoms with Gasteiger partial charge in [0.2, 0.25) is 5.11 Å². The lowest BCUT2D eigenvalue weighted by atomic mass is 9.98. The Morgan fingerprint density at radius 1 is 1.80 bits per heavy atom. The van der Waals surface area contributed by atoms with Crippen LogP contribution < -0.4 is 11.3 Å². The van der Waals surface area contributed by atoms with Crippen molar-refractivity contribution in [1.29, 1.82) is 0 Å². The maximum atomic E-state index is 9.28. The predicted octanol–water partition coefficient (Wildman–Crippen LogP) is -1.92. The second-order valence-electron chi connectivity index (χ2n) is 2.83. The van der Waals surface area contributed by atoms with Crippen molar-refractivity contribution in [2.45, 2.75) is 12.5 Å². The molecule has 0 aliphatic carbocycles. The van der Waals surface area contributed by atoms with Gasteiger partial charge in [0.05, 0.1) is 18.7 Å². The van der Waals surface area contributed by atoms with Gasteiger partial charge in [0.1, 0.15) is 0 Å². The average Bonchev–Trinajstić information content (AvgIpc) is 1.81. The molecule has 0 aromatic carbocycles. The maximum Gasteiger partial charge on any atom is 0.216 e. The molecule has 0 aromatic rings. The number of hydrogen-bond acceptors (Lipinski definition) is 2. The van der Waals surface area contributed by atoms with Crippen LogP contribution in [0.3, 0.4) is 0 Å². The lowest BCUT2D eigenvalue weighted by Gasteiger charge is -2.44. The summed E-state index contributed by atoms with van der Waals surface area (Å²) in [6.07, 6.45) is 0. The molecular weight excluding hydrogens is 150 g/mol. The fraction of sp³-hybridized carbons (Fsp3) is 0.800. The standard InChI is InChI=1S/C5H11N3OS/c1-5(9)2-8(3-5)4(10)7-6/h9H,2-3,6H2,1H3,(H,7,10)/p+1. The number of hydrogen-bond donors (Lipinski definition) is 3. The maximum absolute atomic E-state index is 9.28. The second-order valence-corrected chi connectivity index (χ2v) is 3.22. The van der Waals surface area contributed by atoms with Crippen LogP contribution in [-0.4, -0.2) is 33.8 Å². The lowest BCUT2D eigenvalue weighted by Crippen LogP contribution is -2.74. The number of nitrogens with one attached hydrogen (secondary N) is 1. The molecule has 0 saturated carbocycles. The molecule has 1 heterocycles. The van der Waals surface area contributed by atoms with E-state index in [1.54, 1.807) is 6.92 Å². The summed E-state index contributed by atoms with van der Waals surface area (Å²) in [6, 6.07) is 0. The summed E-state index contributed by atoms with van der Waals surface area (Å²) in [7, 11) is 0. The highest BCUT2D eigenvalue weighted by molar-refractivity contribution is 7.80. The highest BCUT2D eigenvalue weighted by Crippen LogP contribution is 2.18. The van der Waals surface area contributed by atoms with Crippen molar-refractivity contribution in [2.75, 3.05) is 13.1 Å². The highest BCUT2D eigenvalue weighted by Gasteiger charge is 2.37. The Bertz CT molecular complexity index is 151. The van der Waals surface area contributed by atoms with Gasteiger partial charge >= 0.3 is 0 Å². The van der Waals surface area contributed by atoms with E-state index in [0.717, 1.165) is 0 Å². The third-order valence-corrected chi connectivity index (χ3v) is 1.90. The van der Waals surface area contributed by atoms with Gasteiger partial charge < -0.3 is 10.0 Å². The normalized spacial score (nSPS) is 21.7. The number of thiocarbonyl (C=S) groups is 1. The van der Waals surface area contributed by atoms with Crippen molar-refractivity contribution >= 4 is 17.3 Å². The molecule has 0 bridgehead atoms. The minimum atomic E-state index is -0.555. The largest absolute Gasteiger partial charge is 0.386 e. The van der Waals surface area contributed by atoms with Crippen LogP contribution in [0.5, 0.6) is 0 Å². The summed E-state index contributed by atoms with van der Waals surface area (Å²) in [5, 5.41) is 9.88. The summed E-state index contributed by atoms with van der Waals surface area (Å²) >= 11 is 4.87. The Morgan fingerprint density at radius 2 is 2.30 bits per heavy atom. The van der Waals surface area contributed by atoms with Gasteiger partial charge in [-0.3, -0.25) is 5.84 Å². The van der Waals surface area contributed by atoms with Gasteiger partial charge in [-0.15, -0.1) is 0 Å². The zero-order valence-corrected chi connectivity index (χ0v) is 6.74. The van der Waals surface area contributed by atoms with E-state index in [1.165, 1.54) is 0 Å². The first kappa shape index (κ1) is 7.71.